The summed E-state index contributed by atoms with van der Waals surface area (Å²) in [6.45, 7) is 3.73. The summed E-state index contributed by atoms with van der Waals surface area (Å²) < 4.78 is 31.7. The highest BCUT2D eigenvalue weighted by Crippen LogP contribution is 2.28. The minimum Gasteiger partial charge on any atom is -0.359 e. The Morgan fingerprint density at radius 2 is 2.05 bits per heavy atom. The Bertz CT molecular complexity index is 816. The molecule has 0 aliphatic heterocycles. The Labute approximate surface area is 131 Å². The number of hydrogen-bond acceptors (Lipinski definition) is 6. The third-order valence-corrected chi connectivity index (χ3v) is 4.59. The third-order valence-electron chi connectivity index (χ3n) is 2.75. The Morgan fingerprint density at radius 1 is 1.36 bits per heavy atom. The Balaban J connectivity index is 2.32. The second kappa shape index (κ2) is 5.93. The molecule has 2 rings (SSSR count). The molecule has 0 spiro atoms. The van der Waals surface area contributed by atoms with Crippen molar-refractivity contribution in [1.29, 1.82) is 0 Å². The zero-order valence-electron chi connectivity index (χ0n) is 11.6. The molecule has 0 aliphatic rings. The minimum absolute atomic E-state index is 0.0121. The number of sulfonamides is 1. The Morgan fingerprint density at radius 3 is 2.55 bits per heavy atom. The number of anilines is 1. The number of non-ortho nitro benzene ring substituents is 1. The smallest absolute Gasteiger partial charge is 0.271 e. The van der Waals surface area contributed by atoms with Crippen molar-refractivity contribution < 1.29 is 17.9 Å². The van der Waals surface area contributed by atoms with Crippen molar-refractivity contribution in [3.05, 3.63) is 45.2 Å². The number of aromatic nitrogens is 1. The summed E-state index contributed by atoms with van der Waals surface area (Å²) in [5.41, 5.74) is -0.299. The first-order chi connectivity index (χ1) is 10.2. The van der Waals surface area contributed by atoms with E-state index in [1.165, 1.54) is 6.07 Å². The molecule has 0 radical (unpaired) electrons. The molecular formula is C12H12ClN3O5S. The van der Waals surface area contributed by atoms with Gasteiger partial charge in [0.25, 0.3) is 15.7 Å². The summed E-state index contributed by atoms with van der Waals surface area (Å²) in [6.07, 6.45) is 0. The second-order valence-electron chi connectivity index (χ2n) is 4.75. The lowest BCUT2D eigenvalue weighted by Crippen LogP contribution is -2.13. The highest BCUT2D eigenvalue weighted by atomic mass is 35.5. The molecule has 0 amide bonds. The summed E-state index contributed by atoms with van der Waals surface area (Å²) >= 11 is 5.81. The molecule has 10 heteroatoms. The number of nitro groups is 1. The number of nitrogens with zero attached hydrogens (tertiary/aromatic N) is 2. The van der Waals surface area contributed by atoms with E-state index in [0.717, 1.165) is 18.2 Å². The molecule has 0 atom stereocenters. The zero-order valence-corrected chi connectivity index (χ0v) is 13.2. The van der Waals surface area contributed by atoms with Gasteiger partial charge in [0.05, 0.1) is 9.95 Å². The van der Waals surface area contributed by atoms with Crippen molar-refractivity contribution in [3.8, 4) is 0 Å². The van der Waals surface area contributed by atoms with Crippen LogP contribution in [0.5, 0.6) is 0 Å². The maximum Gasteiger partial charge on any atom is 0.271 e. The summed E-state index contributed by atoms with van der Waals surface area (Å²) in [5.74, 6) is 0.583. The Kier molecular flexibility index (Phi) is 4.38. The Hall–Kier alpha value is -2.13. The van der Waals surface area contributed by atoms with Gasteiger partial charge in [-0.05, 0) is 6.07 Å². The molecule has 0 unspecified atom stereocenters. The van der Waals surface area contributed by atoms with E-state index in [9.17, 15) is 18.5 Å². The first-order valence-corrected chi connectivity index (χ1v) is 8.00. The quantitative estimate of drug-likeness (QED) is 0.657. The highest BCUT2D eigenvalue weighted by molar-refractivity contribution is 7.92. The van der Waals surface area contributed by atoms with Gasteiger partial charge in [0.15, 0.2) is 5.82 Å². The topological polar surface area (TPSA) is 115 Å². The van der Waals surface area contributed by atoms with E-state index < -0.39 is 14.9 Å². The van der Waals surface area contributed by atoms with E-state index >= 15 is 0 Å². The largest absolute Gasteiger partial charge is 0.359 e. The van der Waals surface area contributed by atoms with E-state index in [2.05, 4.69) is 9.88 Å². The lowest BCUT2D eigenvalue weighted by atomic mass is 10.2. The average Bonchev–Trinajstić information content (AvgIpc) is 2.86. The van der Waals surface area contributed by atoms with Crippen LogP contribution in [-0.4, -0.2) is 18.5 Å². The van der Waals surface area contributed by atoms with Gasteiger partial charge in [0.2, 0.25) is 0 Å². The molecular weight excluding hydrogens is 334 g/mol. The van der Waals surface area contributed by atoms with Crippen molar-refractivity contribution >= 4 is 33.1 Å². The molecule has 2 aromatic rings. The first kappa shape index (κ1) is 16.2. The van der Waals surface area contributed by atoms with Crippen LogP contribution >= 0.6 is 11.6 Å². The van der Waals surface area contributed by atoms with Gasteiger partial charge >= 0.3 is 0 Å². The molecule has 1 heterocycles. The molecule has 118 valence electrons. The average molecular weight is 346 g/mol. The van der Waals surface area contributed by atoms with Gasteiger partial charge in [-0.2, -0.15) is 0 Å². The number of halogens is 1. The molecule has 1 aromatic carbocycles. The fraction of sp³-hybridized carbons (Fsp3) is 0.250. The molecule has 0 fully saturated rings. The monoisotopic (exact) mass is 345 g/mol. The summed E-state index contributed by atoms with van der Waals surface area (Å²) in [6, 6.07) is 4.55. The normalized spacial score (nSPS) is 11.6. The van der Waals surface area contributed by atoms with Crippen LogP contribution in [-0.2, 0) is 10.0 Å². The van der Waals surface area contributed by atoms with Gasteiger partial charge in [-0.25, -0.2) is 8.42 Å². The second-order valence-corrected chi connectivity index (χ2v) is 6.80. The molecule has 22 heavy (non-hydrogen) atoms. The van der Waals surface area contributed by atoms with Crippen molar-refractivity contribution in [3.63, 3.8) is 0 Å². The SMILES string of the molecule is CC(C)c1cc(NS(=O)(=O)c2ccc([N+](=O)[O-])cc2Cl)no1. The van der Waals surface area contributed by atoms with Crippen LogP contribution in [0.15, 0.2) is 33.7 Å². The van der Waals surface area contributed by atoms with E-state index in [-0.39, 0.29) is 27.3 Å². The van der Waals surface area contributed by atoms with Crippen LogP contribution in [0.3, 0.4) is 0 Å². The van der Waals surface area contributed by atoms with Crippen LogP contribution < -0.4 is 4.72 Å². The van der Waals surface area contributed by atoms with Gasteiger partial charge in [0.1, 0.15) is 10.7 Å². The predicted molar refractivity (Wildman–Crippen MR) is 79.5 cm³/mol. The molecule has 0 aliphatic carbocycles. The summed E-state index contributed by atoms with van der Waals surface area (Å²) in [7, 11) is -4.03. The molecule has 0 bridgehead atoms. The van der Waals surface area contributed by atoms with E-state index in [0.29, 0.717) is 5.76 Å². The van der Waals surface area contributed by atoms with E-state index in [1.807, 2.05) is 13.8 Å². The van der Waals surface area contributed by atoms with Gasteiger partial charge in [-0.1, -0.05) is 30.6 Å². The highest BCUT2D eigenvalue weighted by Gasteiger charge is 2.22. The first-order valence-electron chi connectivity index (χ1n) is 6.14. The van der Waals surface area contributed by atoms with E-state index in [1.54, 1.807) is 0 Å². The molecule has 0 saturated heterocycles. The summed E-state index contributed by atoms with van der Waals surface area (Å²) in [5, 5.41) is 14.0. The van der Waals surface area contributed by atoms with Crippen LogP contribution in [0.1, 0.15) is 25.5 Å². The van der Waals surface area contributed by atoms with Gasteiger partial charge in [0, 0.05) is 24.1 Å². The fourth-order valence-electron chi connectivity index (χ4n) is 1.62. The number of nitro benzene ring substituents is 1. The van der Waals surface area contributed by atoms with Crippen molar-refractivity contribution in [2.24, 2.45) is 0 Å². The lowest BCUT2D eigenvalue weighted by molar-refractivity contribution is -0.384. The zero-order chi connectivity index (χ0) is 16.5. The standard InChI is InChI=1S/C12H12ClN3O5S/c1-7(2)10-6-12(14-21-10)15-22(19,20)11-4-3-8(16(17)18)5-9(11)13/h3-7H,1-2H3,(H,14,15). The van der Waals surface area contributed by atoms with Crippen LogP contribution in [0.25, 0.3) is 0 Å². The van der Waals surface area contributed by atoms with Crippen LogP contribution in [0.4, 0.5) is 11.5 Å². The van der Waals surface area contributed by atoms with Gasteiger partial charge in [-0.3, -0.25) is 14.8 Å². The maximum atomic E-state index is 12.2. The predicted octanol–water partition coefficient (Wildman–Crippen LogP) is 3.16. The van der Waals surface area contributed by atoms with Crippen molar-refractivity contribution in [2.45, 2.75) is 24.7 Å². The number of hydrogen-bond donors (Lipinski definition) is 1. The molecule has 1 N–H and O–H groups in total. The number of rotatable bonds is 5. The molecule has 8 nitrogen and oxygen atoms in total. The van der Waals surface area contributed by atoms with Gasteiger partial charge in [-0.15, -0.1) is 0 Å². The van der Waals surface area contributed by atoms with Crippen LogP contribution in [0, 0.1) is 10.1 Å². The fourth-order valence-corrected chi connectivity index (χ4v) is 3.15. The maximum absolute atomic E-state index is 12.2. The molecule has 0 saturated carbocycles. The lowest BCUT2D eigenvalue weighted by Gasteiger charge is -2.06. The van der Waals surface area contributed by atoms with E-state index in [4.69, 9.17) is 16.1 Å². The minimum atomic E-state index is -4.03. The molecule has 1 aromatic heterocycles. The number of nitrogens with one attached hydrogen (secondary N) is 1. The summed E-state index contributed by atoms with van der Waals surface area (Å²) in [4.78, 5) is 9.68. The van der Waals surface area contributed by atoms with Crippen molar-refractivity contribution in [1.82, 2.24) is 5.16 Å². The van der Waals surface area contributed by atoms with Crippen molar-refractivity contribution in [2.75, 3.05) is 4.72 Å². The van der Waals surface area contributed by atoms with Crippen LogP contribution in [0.2, 0.25) is 5.02 Å². The van der Waals surface area contributed by atoms with Gasteiger partial charge < -0.3 is 4.52 Å². The third kappa shape index (κ3) is 3.37. The number of benzene rings is 1.